The van der Waals surface area contributed by atoms with Gasteiger partial charge in [0.2, 0.25) is 11.9 Å². The number of aromatic nitrogens is 6. The van der Waals surface area contributed by atoms with Crippen LogP contribution >= 0.6 is 0 Å². The van der Waals surface area contributed by atoms with Gasteiger partial charge in [0.1, 0.15) is 17.8 Å². The third kappa shape index (κ3) is 5.28. The lowest BCUT2D eigenvalue weighted by Gasteiger charge is -2.38. The van der Waals surface area contributed by atoms with Gasteiger partial charge in [-0.05, 0) is 55.4 Å². The van der Waals surface area contributed by atoms with Crippen LogP contribution in [-0.2, 0) is 11.3 Å². The SMILES string of the molecule is O=C(C[C@@H](C(F)F)n1ccc(F)n1)N1CCC(O)(Cn2cnc3c(cnn3-c3ccc(N4CC5CC5C4)cc3)c2=O)CC1. The quantitative estimate of drug-likeness (QED) is 0.333. The fourth-order valence-corrected chi connectivity index (χ4v) is 6.42. The molecule has 0 bridgehead atoms. The number of anilines is 1. The highest BCUT2D eigenvalue weighted by molar-refractivity contribution is 5.77. The molecule has 1 aliphatic carbocycles. The van der Waals surface area contributed by atoms with Crippen molar-refractivity contribution in [3.63, 3.8) is 0 Å². The van der Waals surface area contributed by atoms with E-state index in [1.165, 1.54) is 34.1 Å². The summed E-state index contributed by atoms with van der Waals surface area (Å²) >= 11 is 0. The van der Waals surface area contributed by atoms with Crippen molar-refractivity contribution in [3.05, 3.63) is 65.4 Å². The summed E-state index contributed by atoms with van der Waals surface area (Å²) in [6.45, 7) is 2.40. The molecule has 43 heavy (non-hydrogen) atoms. The maximum Gasteiger partial charge on any atom is 0.264 e. The largest absolute Gasteiger partial charge is 0.388 e. The first kappa shape index (κ1) is 27.6. The standard InChI is InChI=1S/C29H31F3N8O3/c30-24-5-8-39(35-24)23(26(31)32)12-25(41)36-9-6-29(43,7-10-36)16-38-17-33-27-22(28(38)42)13-34-40(27)21-3-1-20(2-4-21)37-14-18-11-19(18)15-37/h1-5,8,13,17-19,23,26,43H,6-7,9-12,14-16H2/t18?,19?,23-/m0/s1. The van der Waals surface area contributed by atoms with Crippen LogP contribution in [-0.4, -0.2) is 83.2 Å². The highest BCUT2D eigenvalue weighted by Gasteiger charge is 2.45. The van der Waals surface area contributed by atoms with Gasteiger partial charge in [-0.15, -0.1) is 5.10 Å². The Bertz CT molecular complexity index is 1700. The molecular weight excluding hydrogens is 565 g/mol. The second kappa shape index (κ2) is 10.5. The first-order chi connectivity index (χ1) is 20.7. The van der Waals surface area contributed by atoms with Gasteiger partial charge < -0.3 is 14.9 Å². The molecule has 2 aliphatic heterocycles. The van der Waals surface area contributed by atoms with Crippen LogP contribution in [0.2, 0.25) is 0 Å². The number of likely N-dealkylation sites (tertiary alicyclic amines) is 1. The predicted octanol–water partition coefficient (Wildman–Crippen LogP) is 2.62. The zero-order valence-electron chi connectivity index (χ0n) is 23.3. The molecule has 11 nitrogen and oxygen atoms in total. The molecule has 3 aromatic heterocycles. The van der Waals surface area contributed by atoms with E-state index in [-0.39, 0.29) is 38.0 Å². The lowest BCUT2D eigenvalue weighted by atomic mass is 9.91. The first-order valence-electron chi connectivity index (χ1n) is 14.4. The summed E-state index contributed by atoms with van der Waals surface area (Å²) < 4.78 is 44.1. The number of amides is 1. The number of rotatable bonds is 8. The number of aliphatic hydroxyl groups is 1. The van der Waals surface area contributed by atoms with Crippen LogP contribution in [0.15, 0.2) is 53.8 Å². The van der Waals surface area contributed by atoms with Crippen molar-refractivity contribution >= 4 is 22.6 Å². The van der Waals surface area contributed by atoms with E-state index >= 15 is 0 Å². The van der Waals surface area contributed by atoms with E-state index in [1.807, 2.05) is 12.1 Å². The number of hydrogen-bond acceptors (Lipinski definition) is 7. The van der Waals surface area contributed by atoms with E-state index in [4.69, 9.17) is 0 Å². The third-order valence-electron chi connectivity index (χ3n) is 9.09. The van der Waals surface area contributed by atoms with E-state index < -0.39 is 36.3 Å². The Hall–Kier alpha value is -4.20. The normalized spacial score (nSPS) is 21.9. The van der Waals surface area contributed by atoms with Crippen molar-refractivity contribution in [1.82, 2.24) is 34.0 Å². The van der Waals surface area contributed by atoms with Crippen molar-refractivity contribution < 1.29 is 23.1 Å². The van der Waals surface area contributed by atoms with Crippen molar-refractivity contribution in [2.45, 2.75) is 50.3 Å². The number of halogens is 3. The summed E-state index contributed by atoms with van der Waals surface area (Å²) in [6, 6.07) is 7.41. The maximum atomic E-state index is 13.6. The Balaban J connectivity index is 1.00. The van der Waals surface area contributed by atoms with Crippen molar-refractivity contribution in [1.29, 1.82) is 0 Å². The number of hydrogen-bond donors (Lipinski definition) is 1. The number of piperidine rings is 2. The first-order valence-corrected chi connectivity index (χ1v) is 14.4. The van der Waals surface area contributed by atoms with Gasteiger partial charge in [-0.2, -0.15) is 9.49 Å². The van der Waals surface area contributed by atoms with E-state index in [1.54, 1.807) is 4.68 Å². The third-order valence-corrected chi connectivity index (χ3v) is 9.09. The van der Waals surface area contributed by atoms with Crippen LogP contribution in [0.1, 0.15) is 31.7 Å². The van der Waals surface area contributed by atoms with Crippen LogP contribution in [0.4, 0.5) is 18.9 Å². The molecule has 3 fully saturated rings. The van der Waals surface area contributed by atoms with Crippen LogP contribution in [0.3, 0.4) is 0 Å². The zero-order valence-corrected chi connectivity index (χ0v) is 23.3. The van der Waals surface area contributed by atoms with Crippen molar-refractivity contribution in [2.24, 2.45) is 11.8 Å². The van der Waals surface area contributed by atoms with Crippen LogP contribution in [0.25, 0.3) is 16.7 Å². The van der Waals surface area contributed by atoms with Gasteiger partial charge in [0.05, 0.1) is 30.5 Å². The Labute approximate surface area is 244 Å². The number of fused-ring (bicyclic) bond motifs is 2. The van der Waals surface area contributed by atoms with E-state index in [0.29, 0.717) is 11.0 Å². The molecule has 5 heterocycles. The minimum Gasteiger partial charge on any atom is -0.388 e. The van der Waals surface area contributed by atoms with E-state index in [9.17, 15) is 27.9 Å². The van der Waals surface area contributed by atoms with Crippen molar-refractivity contribution in [2.75, 3.05) is 31.1 Å². The molecule has 1 N–H and O–H groups in total. The minimum absolute atomic E-state index is 0.0409. The number of carbonyl (C=O) groups is 1. The molecule has 1 saturated carbocycles. The summed E-state index contributed by atoms with van der Waals surface area (Å²) in [6.07, 6.45) is 2.10. The van der Waals surface area contributed by atoms with Gasteiger partial charge in [-0.3, -0.25) is 18.8 Å². The molecule has 3 aliphatic rings. The highest BCUT2D eigenvalue weighted by Crippen LogP contribution is 2.46. The molecule has 14 heteroatoms. The zero-order chi connectivity index (χ0) is 29.9. The summed E-state index contributed by atoms with van der Waals surface area (Å²) in [5.41, 5.74) is 0.725. The molecule has 4 aromatic rings. The second-order valence-corrected chi connectivity index (χ2v) is 12.0. The van der Waals surface area contributed by atoms with Crippen LogP contribution in [0.5, 0.6) is 0 Å². The molecule has 0 spiro atoms. The minimum atomic E-state index is -2.91. The molecule has 2 saturated heterocycles. The van der Waals surface area contributed by atoms with Gasteiger partial charge in [0.15, 0.2) is 5.65 Å². The molecule has 0 radical (unpaired) electrons. The van der Waals surface area contributed by atoms with E-state index in [0.717, 1.165) is 47.6 Å². The lowest BCUT2D eigenvalue weighted by molar-refractivity contribution is -0.138. The van der Waals surface area contributed by atoms with Crippen molar-refractivity contribution in [3.8, 4) is 5.69 Å². The lowest BCUT2D eigenvalue weighted by Crippen LogP contribution is -2.50. The topological polar surface area (TPSA) is 114 Å². The second-order valence-electron chi connectivity index (χ2n) is 12.0. The van der Waals surface area contributed by atoms with Crippen LogP contribution < -0.4 is 10.5 Å². The Morgan fingerprint density at radius 3 is 2.42 bits per heavy atom. The Morgan fingerprint density at radius 2 is 1.77 bits per heavy atom. The highest BCUT2D eigenvalue weighted by atomic mass is 19.3. The fourth-order valence-electron chi connectivity index (χ4n) is 6.42. The van der Waals surface area contributed by atoms with Gasteiger partial charge >= 0.3 is 0 Å². The average molecular weight is 597 g/mol. The molecular formula is C29H31F3N8O3. The molecule has 1 amide bonds. The average Bonchev–Trinajstić information content (AvgIpc) is 3.33. The van der Waals surface area contributed by atoms with Gasteiger partial charge in [-0.1, -0.05) is 0 Å². The molecule has 226 valence electrons. The molecule has 1 aromatic carbocycles. The molecule has 2 unspecified atom stereocenters. The Kier molecular flexibility index (Phi) is 6.75. The van der Waals surface area contributed by atoms with E-state index in [2.05, 4.69) is 32.2 Å². The van der Waals surface area contributed by atoms with Gasteiger partial charge in [0.25, 0.3) is 12.0 Å². The maximum absolute atomic E-state index is 13.6. The summed E-state index contributed by atoms with van der Waals surface area (Å²) in [5.74, 6) is 0.224. The summed E-state index contributed by atoms with van der Waals surface area (Å²) in [7, 11) is 0. The monoisotopic (exact) mass is 596 g/mol. The summed E-state index contributed by atoms with van der Waals surface area (Å²) in [4.78, 5) is 34.4. The molecule has 3 atom stereocenters. The number of alkyl halides is 2. The smallest absolute Gasteiger partial charge is 0.264 e. The summed E-state index contributed by atoms with van der Waals surface area (Å²) in [5, 5.41) is 19.4. The predicted molar refractivity (Wildman–Crippen MR) is 150 cm³/mol. The molecule has 7 rings (SSSR count). The number of carbonyl (C=O) groups excluding carboxylic acids is 1. The number of nitrogens with zero attached hydrogens (tertiary/aromatic N) is 8. The van der Waals surface area contributed by atoms with Gasteiger partial charge in [0, 0.05) is 44.1 Å². The fraction of sp³-hybridized carbons (Fsp3) is 0.483. The number of benzene rings is 1. The Morgan fingerprint density at radius 1 is 1.07 bits per heavy atom. The van der Waals surface area contributed by atoms with Gasteiger partial charge in [-0.25, -0.2) is 18.4 Å². The van der Waals surface area contributed by atoms with Crippen LogP contribution in [0, 0.1) is 17.8 Å².